The molecule has 0 atom stereocenters. The molecule has 0 aliphatic carbocycles. The third-order valence-electron chi connectivity index (χ3n) is 4.82. The quantitative estimate of drug-likeness (QED) is 0.330. The lowest BCUT2D eigenvalue weighted by atomic mass is 10.1. The van der Waals surface area contributed by atoms with E-state index < -0.39 is 10.0 Å². The van der Waals surface area contributed by atoms with Crippen LogP contribution in [0.15, 0.2) is 101 Å². The van der Waals surface area contributed by atoms with Crippen LogP contribution >= 0.6 is 0 Å². The van der Waals surface area contributed by atoms with Crippen molar-refractivity contribution < 1.29 is 13.2 Å². The summed E-state index contributed by atoms with van der Waals surface area (Å²) < 4.78 is 30.4. The molecule has 0 aliphatic rings. The number of ether oxygens (including phenoxy) is 1. The van der Waals surface area contributed by atoms with Gasteiger partial charge >= 0.3 is 0 Å². The maximum atomic E-state index is 12.2. The average Bonchev–Trinajstić information content (AvgIpc) is 2.78. The van der Waals surface area contributed by atoms with E-state index in [1.165, 1.54) is 17.0 Å². The van der Waals surface area contributed by atoms with Gasteiger partial charge in [-0.3, -0.25) is 0 Å². The molecular weight excluding hydrogens is 408 g/mol. The molecule has 0 aliphatic heterocycles. The first kappa shape index (κ1) is 20.6. The zero-order valence-corrected chi connectivity index (χ0v) is 17.8. The van der Waals surface area contributed by atoms with E-state index in [1.54, 1.807) is 24.3 Å². The molecule has 4 aromatic rings. The Bertz CT molecular complexity index is 1310. The first-order valence-corrected chi connectivity index (χ1v) is 11.3. The van der Waals surface area contributed by atoms with Crippen molar-refractivity contribution >= 4 is 27.0 Å². The SMILES string of the molecule is Cc1ccc(S(=O)(=O)N/N=C\c2ccc(OCc3ccc4ccccc4c3)cc2)cc1. The summed E-state index contributed by atoms with van der Waals surface area (Å²) in [5, 5.41) is 6.25. The maximum Gasteiger partial charge on any atom is 0.276 e. The van der Waals surface area contributed by atoms with Crippen molar-refractivity contribution in [1.82, 2.24) is 4.83 Å². The minimum Gasteiger partial charge on any atom is -0.489 e. The van der Waals surface area contributed by atoms with Crippen LogP contribution in [-0.4, -0.2) is 14.6 Å². The molecule has 5 nitrogen and oxygen atoms in total. The lowest BCUT2D eigenvalue weighted by Gasteiger charge is -2.08. The van der Waals surface area contributed by atoms with E-state index >= 15 is 0 Å². The smallest absolute Gasteiger partial charge is 0.276 e. The van der Waals surface area contributed by atoms with E-state index in [0.29, 0.717) is 6.61 Å². The fourth-order valence-corrected chi connectivity index (χ4v) is 3.88. The van der Waals surface area contributed by atoms with Crippen LogP contribution < -0.4 is 9.57 Å². The van der Waals surface area contributed by atoms with Crippen molar-refractivity contribution in [2.45, 2.75) is 18.4 Å². The topological polar surface area (TPSA) is 67.8 Å². The van der Waals surface area contributed by atoms with Gasteiger partial charge in [0.1, 0.15) is 12.4 Å². The maximum absolute atomic E-state index is 12.2. The number of fused-ring (bicyclic) bond motifs is 1. The summed E-state index contributed by atoms with van der Waals surface area (Å²) in [5.41, 5.74) is 2.84. The molecule has 0 fully saturated rings. The molecule has 0 amide bonds. The summed E-state index contributed by atoms with van der Waals surface area (Å²) in [6.07, 6.45) is 1.46. The Labute approximate surface area is 182 Å². The second-order valence-electron chi connectivity index (χ2n) is 7.21. The van der Waals surface area contributed by atoms with E-state index in [2.05, 4.69) is 40.3 Å². The Morgan fingerprint density at radius 2 is 1.58 bits per heavy atom. The molecule has 4 aromatic carbocycles. The molecule has 0 aromatic heterocycles. The molecule has 31 heavy (non-hydrogen) atoms. The zero-order chi connectivity index (χ0) is 21.7. The minimum atomic E-state index is -3.68. The van der Waals surface area contributed by atoms with Crippen LogP contribution in [0.2, 0.25) is 0 Å². The molecule has 156 valence electrons. The van der Waals surface area contributed by atoms with Gasteiger partial charge in [0.15, 0.2) is 0 Å². The molecule has 0 spiro atoms. The molecule has 0 heterocycles. The molecule has 6 heteroatoms. The first-order valence-electron chi connectivity index (χ1n) is 9.82. The van der Waals surface area contributed by atoms with Gasteiger partial charge in [-0.25, -0.2) is 4.83 Å². The average molecular weight is 431 g/mol. The standard InChI is InChI=1S/C25H22N2O3S/c1-19-6-14-25(15-7-19)31(28,29)27-26-17-20-9-12-24(13-10-20)30-18-21-8-11-22-4-2-3-5-23(22)16-21/h2-17,27H,18H2,1H3/b26-17-. The van der Waals surface area contributed by atoms with Crippen molar-refractivity contribution in [3.8, 4) is 5.75 Å². The predicted octanol–water partition coefficient (Wildman–Crippen LogP) is 5.04. The lowest BCUT2D eigenvalue weighted by molar-refractivity contribution is 0.306. The van der Waals surface area contributed by atoms with Gasteiger partial charge in [0.05, 0.1) is 11.1 Å². The number of hydrogen-bond acceptors (Lipinski definition) is 4. The number of benzene rings is 4. The summed E-state index contributed by atoms with van der Waals surface area (Å²) in [4.78, 5) is 2.40. The number of hydrazone groups is 1. The van der Waals surface area contributed by atoms with Crippen LogP contribution in [0, 0.1) is 6.92 Å². The normalized spacial score (nSPS) is 11.6. The molecule has 0 unspecified atom stereocenters. The van der Waals surface area contributed by atoms with Gasteiger partial charge in [-0.15, -0.1) is 0 Å². The Balaban J connectivity index is 1.34. The van der Waals surface area contributed by atoms with Gasteiger partial charge in [0.25, 0.3) is 10.0 Å². The van der Waals surface area contributed by atoms with E-state index in [-0.39, 0.29) is 4.90 Å². The summed E-state index contributed by atoms with van der Waals surface area (Å²) in [6.45, 7) is 2.37. The van der Waals surface area contributed by atoms with Gasteiger partial charge in [-0.05, 0) is 71.3 Å². The highest BCUT2D eigenvalue weighted by Gasteiger charge is 2.11. The Hall–Kier alpha value is -3.64. The number of nitrogens with one attached hydrogen (secondary N) is 1. The largest absolute Gasteiger partial charge is 0.489 e. The predicted molar refractivity (Wildman–Crippen MR) is 124 cm³/mol. The molecule has 0 saturated carbocycles. The van der Waals surface area contributed by atoms with Crippen molar-refractivity contribution in [3.05, 3.63) is 108 Å². The summed E-state index contributed by atoms with van der Waals surface area (Å²) in [6, 6.07) is 28.4. The van der Waals surface area contributed by atoms with Crippen molar-refractivity contribution in [3.63, 3.8) is 0 Å². The highest BCUT2D eigenvalue weighted by atomic mass is 32.2. The fourth-order valence-electron chi connectivity index (χ4n) is 3.09. The lowest BCUT2D eigenvalue weighted by Crippen LogP contribution is -2.18. The molecular formula is C25H22N2O3S. The number of aryl methyl sites for hydroxylation is 1. The molecule has 4 rings (SSSR count). The highest BCUT2D eigenvalue weighted by Crippen LogP contribution is 2.18. The van der Waals surface area contributed by atoms with Crippen molar-refractivity contribution in [1.29, 1.82) is 0 Å². The second kappa shape index (κ2) is 9.02. The zero-order valence-electron chi connectivity index (χ0n) is 17.0. The Morgan fingerprint density at radius 1 is 0.871 bits per heavy atom. The van der Waals surface area contributed by atoms with Crippen LogP contribution in [0.5, 0.6) is 5.75 Å². The highest BCUT2D eigenvalue weighted by molar-refractivity contribution is 7.89. The molecule has 1 N–H and O–H groups in total. The van der Waals surface area contributed by atoms with Gasteiger partial charge in [0, 0.05) is 0 Å². The summed E-state index contributed by atoms with van der Waals surface area (Å²) in [5.74, 6) is 0.727. The minimum absolute atomic E-state index is 0.174. The number of sulfonamides is 1. The molecule has 0 bridgehead atoms. The summed E-state index contributed by atoms with van der Waals surface area (Å²) >= 11 is 0. The van der Waals surface area contributed by atoms with Crippen LogP contribution in [-0.2, 0) is 16.6 Å². The van der Waals surface area contributed by atoms with Crippen LogP contribution in [0.3, 0.4) is 0 Å². The van der Waals surface area contributed by atoms with Crippen molar-refractivity contribution in [2.75, 3.05) is 0 Å². The van der Waals surface area contributed by atoms with E-state index in [4.69, 9.17) is 4.74 Å². The van der Waals surface area contributed by atoms with Crippen LogP contribution in [0.25, 0.3) is 10.8 Å². The first-order chi connectivity index (χ1) is 15.0. The number of nitrogens with zero attached hydrogens (tertiary/aromatic N) is 1. The number of hydrogen-bond donors (Lipinski definition) is 1. The van der Waals surface area contributed by atoms with Crippen LogP contribution in [0.1, 0.15) is 16.7 Å². The van der Waals surface area contributed by atoms with Crippen molar-refractivity contribution in [2.24, 2.45) is 5.10 Å². The third kappa shape index (κ3) is 5.29. The molecule has 0 saturated heterocycles. The van der Waals surface area contributed by atoms with Crippen LogP contribution in [0.4, 0.5) is 0 Å². The Kier molecular flexibility index (Phi) is 6.00. The van der Waals surface area contributed by atoms with Gasteiger partial charge in [-0.2, -0.15) is 13.5 Å². The summed E-state index contributed by atoms with van der Waals surface area (Å²) in [7, 11) is -3.68. The monoisotopic (exact) mass is 430 g/mol. The molecule has 0 radical (unpaired) electrons. The van der Waals surface area contributed by atoms with Gasteiger partial charge in [-0.1, -0.05) is 54.1 Å². The second-order valence-corrected chi connectivity index (χ2v) is 8.87. The van der Waals surface area contributed by atoms with E-state index in [9.17, 15) is 8.42 Å². The fraction of sp³-hybridized carbons (Fsp3) is 0.0800. The van der Waals surface area contributed by atoms with E-state index in [1.807, 2.05) is 43.3 Å². The van der Waals surface area contributed by atoms with Gasteiger partial charge < -0.3 is 4.74 Å². The van der Waals surface area contributed by atoms with Gasteiger partial charge in [0.2, 0.25) is 0 Å². The van der Waals surface area contributed by atoms with E-state index in [0.717, 1.165) is 22.4 Å². The third-order valence-corrected chi connectivity index (χ3v) is 6.06. The number of rotatable bonds is 7. The Morgan fingerprint density at radius 3 is 2.32 bits per heavy atom.